The Balaban J connectivity index is 1.78. The molecule has 0 atom stereocenters. The van der Waals surface area contributed by atoms with Crippen LogP contribution < -0.4 is 0 Å². The van der Waals surface area contributed by atoms with Crippen LogP contribution >= 0.6 is 0 Å². The fourth-order valence-corrected chi connectivity index (χ4v) is 2.74. The predicted molar refractivity (Wildman–Crippen MR) is 81.5 cm³/mol. The zero-order valence-electron chi connectivity index (χ0n) is 12.8. The Morgan fingerprint density at radius 2 is 1.60 bits per heavy atom. The second kappa shape index (κ2) is 7.16. The normalized spacial score (nSPS) is 18.4. The molecular formula is C16H27N3O. The zero-order chi connectivity index (χ0) is 14.4. The van der Waals surface area contributed by atoms with Crippen molar-refractivity contribution in [2.45, 2.75) is 38.8 Å². The molecule has 0 aromatic carbocycles. The van der Waals surface area contributed by atoms with E-state index in [2.05, 4.69) is 40.8 Å². The monoisotopic (exact) mass is 277 g/mol. The maximum atomic E-state index is 10.4. The maximum Gasteiger partial charge on any atom is 0.0768 e. The first-order valence-corrected chi connectivity index (χ1v) is 7.71. The van der Waals surface area contributed by atoms with Gasteiger partial charge in [-0.15, -0.1) is 0 Å². The highest BCUT2D eigenvalue weighted by molar-refractivity contribution is 5.09. The molecule has 0 amide bonds. The minimum absolute atomic E-state index is 0.507. The molecule has 1 aliphatic rings. The number of pyridine rings is 1. The molecule has 4 nitrogen and oxygen atoms in total. The molecule has 1 aromatic rings. The molecule has 0 saturated carbocycles. The Kier molecular flexibility index (Phi) is 5.52. The van der Waals surface area contributed by atoms with Crippen LogP contribution in [0.3, 0.4) is 0 Å². The van der Waals surface area contributed by atoms with Crippen molar-refractivity contribution < 1.29 is 5.11 Å². The number of β-amino-alcohol motifs (C(OH)–C–C–N with tert-alkyl or cyclic N) is 1. The summed E-state index contributed by atoms with van der Waals surface area (Å²) in [6.07, 6.45) is 5.38. The second-order valence-electron chi connectivity index (χ2n) is 5.84. The van der Waals surface area contributed by atoms with Gasteiger partial charge in [0.2, 0.25) is 0 Å². The molecule has 112 valence electrons. The number of aromatic nitrogens is 1. The largest absolute Gasteiger partial charge is 0.389 e. The lowest BCUT2D eigenvalue weighted by Gasteiger charge is -2.39. The van der Waals surface area contributed by atoms with Gasteiger partial charge in [-0.25, -0.2) is 0 Å². The first-order chi connectivity index (χ1) is 9.65. The van der Waals surface area contributed by atoms with E-state index in [9.17, 15) is 5.11 Å². The van der Waals surface area contributed by atoms with Gasteiger partial charge >= 0.3 is 0 Å². The minimum atomic E-state index is -0.507. The molecule has 0 unspecified atom stereocenters. The Bertz CT molecular complexity index is 384. The highest BCUT2D eigenvalue weighted by Crippen LogP contribution is 2.18. The van der Waals surface area contributed by atoms with E-state index in [4.69, 9.17) is 0 Å². The summed E-state index contributed by atoms with van der Waals surface area (Å²) in [6.45, 7) is 10.2. The standard InChI is InChI=1S/C16H27N3O/c1-3-16(20,4-2)14-19-11-9-18(10-12-19)13-15-5-7-17-8-6-15/h5-8,20H,3-4,9-14H2,1-2H3. The molecule has 2 heterocycles. The van der Waals surface area contributed by atoms with E-state index >= 15 is 0 Å². The molecule has 0 aliphatic carbocycles. The van der Waals surface area contributed by atoms with Gasteiger partial charge in [-0.1, -0.05) is 13.8 Å². The zero-order valence-corrected chi connectivity index (χ0v) is 12.8. The molecule has 0 radical (unpaired) electrons. The van der Waals surface area contributed by atoms with Gasteiger partial charge in [-0.05, 0) is 30.5 Å². The number of hydrogen-bond acceptors (Lipinski definition) is 4. The number of nitrogens with zero attached hydrogens (tertiary/aromatic N) is 3. The third-order valence-corrected chi connectivity index (χ3v) is 4.45. The van der Waals surface area contributed by atoms with Crippen LogP contribution in [-0.2, 0) is 6.54 Å². The van der Waals surface area contributed by atoms with Gasteiger partial charge in [-0.3, -0.25) is 14.8 Å². The van der Waals surface area contributed by atoms with Gasteiger partial charge in [0.25, 0.3) is 0 Å². The van der Waals surface area contributed by atoms with E-state index in [1.807, 2.05) is 12.4 Å². The summed E-state index contributed by atoms with van der Waals surface area (Å²) in [5, 5.41) is 10.4. The summed E-state index contributed by atoms with van der Waals surface area (Å²) in [6, 6.07) is 4.17. The van der Waals surface area contributed by atoms with Crippen LogP contribution in [0, 0.1) is 0 Å². The lowest BCUT2D eigenvalue weighted by atomic mass is 9.96. The molecule has 20 heavy (non-hydrogen) atoms. The number of hydrogen-bond donors (Lipinski definition) is 1. The average molecular weight is 277 g/mol. The third kappa shape index (κ3) is 4.27. The summed E-state index contributed by atoms with van der Waals surface area (Å²) < 4.78 is 0. The van der Waals surface area contributed by atoms with E-state index < -0.39 is 5.60 Å². The van der Waals surface area contributed by atoms with Crippen LogP contribution in [0.1, 0.15) is 32.3 Å². The van der Waals surface area contributed by atoms with Crippen LogP contribution in [0.4, 0.5) is 0 Å². The van der Waals surface area contributed by atoms with Gasteiger partial charge < -0.3 is 5.11 Å². The van der Waals surface area contributed by atoms with Gasteiger partial charge in [0, 0.05) is 51.7 Å². The van der Waals surface area contributed by atoms with E-state index in [1.165, 1.54) is 5.56 Å². The molecule has 2 rings (SSSR count). The summed E-state index contributed by atoms with van der Waals surface area (Å²) in [4.78, 5) is 8.93. The highest BCUT2D eigenvalue weighted by atomic mass is 16.3. The van der Waals surface area contributed by atoms with Crippen molar-refractivity contribution in [3.63, 3.8) is 0 Å². The molecule has 1 aliphatic heterocycles. The SMILES string of the molecule is CCC(O)(CC)CN1CCN(Cc2ccncc2)CC1. The van der Waals surface area contributed by atoms with Crippen LogP contribution in [-0.4, -0.2) is 58.2 Å². The van der Waals surface area contributed by atoms with Gasteiger partial charge in [0.1, 0.15) is 0 Å². The van der Waals surface area contributed by atoms with Crippen LogP contribution in [0.5, 0.6) is 0 Å². The van der Waals surface area contributed by atoms with Crippen molar-refractivity contribution in [3.8, 4) is 0 Å². The molecule has 1 saturated heterocycles. The Morgan fingerprint density at radius 1 is 1.05 bits per heavy atom. The average Bonchev–Trinajstić information content (AvgIpc) is 2.50. The second-order valence-corrected chi connectivity index (χ2v) is 5.84. The van der Waals surface area contributed by atoms with Crippen molar-refractivity contribution in [3.05, 3.63) is 30.1 Å². The number of piperazine rings is 1. The quantitative estimate of drug-likeness (QED) is 0.860. The van der Waals surface area contributed by atoms with E-state index in [0.717, 1.165) is 52.1 Å². The molecular weight excluding hydrogens is 250 g/mol. The van der Waals surface area contributed by atoms with Crippen molar-refractivity contribution in [1.29, 1.82) is 0 Å². The Hall–Kier alpha value is -0.970. The molecule has 4 heteroatoms. The van der Waals surface area contributed by atoms with Crippen LogP contribution in [0.2, 0.25) is 0 Å². The van der Waals surface area contributed by atoms with E-state index in [1.54, 1.807) is 0 Å². The predicted octanol–water partition coefficient (Wildman–Crippen LogP) is 1.75. The van der Waals surface area contributed by atoms with E-state index in [0.29, 0.717) is 0 Å². The van der Waals surface area contributed by atoms with Crippen molar-refractivity contribution in [2.75, 3.05) is 32.7 Å². The summed E-state index contributed by atoms with van der Waals surface area (Å²) >= 11 is 0. The number of aliphatic hydroxyl groups is 1. The Labute approximate surface area is 122 Å². The van der Waals surface area contributed by atoms with Gasteiger partial charge in [0.05, 0.1) is 5.60 Å². The maximum absolute atomic E-state index is 10.4. The van der Waals surface area contributed by atoms with Crippen molar-refractivity contribution >= 4 is 0 Å². The van der Waals surface area contributed by atoms with Crippen molar-refractivity contribution in [1.82, 2.24) is 14.8 Å². The van der Waals surface area contributed by atoms with Crippen LogP contribution in [0.25, 0.3) is 0 Å². The first-order valence-electron chi connectivity index (χ1n) is 7.71. The van der Waals surface area contributed by atoms with E-state index in [-0.39, 0.29) is 0 Å². The summed E-state index contributed by atoms with van der Waals surface area (Å²) in [7, 11) is 0. The molecule has 0 bridgehead atoms. The fraction of sp³-hybridized carbons (Fsp3) is 0.688. The van der Waals surface area contributed by atoms with Gasteiger partial charge in [-0.2, -0.15) is 0 Å². The molecule has 1 aromatic heterocycles. The first kappa shape index (κ1) is 15.4. The molecule has 1 N–H and O–H groups in total. The van der Waals surface area contributed by atoms with Crippen molar-refractivity contribution in [2.24, 2.45) is 0 Å². The summed E-state index contributed by atoms with van der Waals surface area (Å²) in [5.41, 5.74) is 0.819. The minimum Gasteiger partial charge on any atom is -0.389 e. The lowest BCUT2D eigenvalue weighted by molar-refractivity contribution is -0.0161. The smallest absolute Gasteiger partial charge is 0.0768 e. The Morgan fingerprint density at radius 3 is 2.15 bits per heavy atom. The number of rotatable bonds is 6. The molecule has 1 fully saturated rings. The topological polar surface area (TPSA) is 39.6 Å². The lowest BCUT2D eigenvalue weighted by Crippen LogP contribution is -2.51. The molecule has 0 spiro atoms. The highest BCUT2D eigenvalue weighted by Gasteiger charge is 2.27. The summed E-state index contributed by atoms with van der Waals surface area (Å²) in [5.74, 6) is 0. The van der Waals surface area contributed by atoms with Crippen LogP contribution in [0.15, 0.2) is 24.5 Å². The fourth-order valence-electron chi connectivity index (χ4n) is 2.74. The third-order valence-electron chi connectivity index (χ3n) is 4.45. The van der Waals surface area contributed by atoms with Gasteiger partial charge in [0.15, 0.2) is 0 Å².